The molecule has 0 unspecified atom stereocenters. The van der Waals surface area contributed by atoms with Gasteiger partial charge in [-0.2, -0.15) is 0 Å². The summed E-state index contributed by atoms with van der Waals surface area (Å²) in [7, 11) is 0. The van der Waals surface area contributed by atoms with Gasteiger partial charge in [-0.15, -0.1) is 0 Å². The normalized spacial score (nSPS) is 11.3. The molecular formula is C15H25N3S. The van der Waals surface area contributed by atoms with Crippen molar-refractivity contribution < 1.29 is 0 Å². The van der Waals surface area contributed by atoms with E-state index in [0.29, 0.717) is 4.99 Å². The molecule has 3 N–H and O–H groups in total. The first-order valence-corrected chi connectivity index (χ1v) is 7.35. The van der Waals surface area contributed by atoms with Gasteiger partial charge in [0.15, 0.2) is 0 Å². The molecule has 106 valence electrons. The Balaban J connectivity index is 2.58. The second-order valence-corrected chi connectivity index (χ2v) is 6.20. The van der Waals surface area contributed by atoms with E-state index in [4.69, 9.17) is 18.0 Å². The fraction of sp³-hybridized carbons (Fsp3) is 0.600. The Kier molecular flexibility index (Phi) is 6.22. The monoisotopic (exact) mass is 279 g/mol. The number of anilines is 1. The minimum absolute atomic E-state index is 0.262. The molecule has 3 nitrogen and oxygen atoms in total. The van der Waals surface area contributed by atoms with E-state index in [0.717, 1.165) is 17.8 Å². The van der Waals surface area contributed by atoms with Gasteiger partial charge >= 0.3 is 0 Å². The largest absolute Gasteiger partial charge is 0.389 e. The molecule has 1 rings (SSSR count). The number of rotatable bonds is 8. The van der Waals surface area contributed by atoms with Gasteiger partial charge in [-0.25, -0.2) is 0 Å². The predicted molar refractivity (Wildman–Crippen MR) is 86.5 cm³/mol. The van der Waals surface area contributed by atoms with Crippen LogP contribution in [0.15, 0.2) is 18.5 Å². The number of hydrogen-bond acceptors (Lipinski definition) is 3. The average molecular weight is 279 g/mol. The molecule has 0 atom stereocenters. The van der Waals surface area contributed by atoms with Crippen LogP contribution in [-0.2, 0) is 0 Å². The minimum atomic E-state index is 0.262. The number of thiocarbonyl (C=S) groups is 1. The Hall–Kier alpha value is -1.16. The summed E-state index contributed by atoms with van der Waals surface area (Å²) in [6.45, 7) is 7.70. The lowest BCUT2D eigenvalue weighted by Gasteiger charge is -2.26. The number of nitrogens with one attached hydrogen (secondary N) is 1. The number of hydrogen-bond donors (Lipinski definition) is 2. The average Bonchev–Trinajstić information content (AvgIpc) is 2.37. The molecule has 0 fully saturated rings. The molecule has 0 aliphatic rings. The van der Waals surface area contributed by atoms with Crippen molar-refractivity contribution in [1.82, 2.24) is 4.98 Å². The van der Waals surface area contributed by atoms with Crippen molar-refractivity contribution in [2.75, 3.05) is 11.9 Å². The molecule has 1 heterocycles. The van der Waals surface area contributed by atoms with E-state index in [1.54, 1.807) is 12.4 Å². The van der Waals surface area contributed by atoms with Gasteiger partial charge in [-0.3, -0.25) is 4.98 Å². The molecule has 1 aromatic rings. The zero-order valence-electron chi connectivity index (χ0n) is 12.2. The van der Waals surface area contributed by atoms with Crippen molar-refractivity contribution in [3.05, 3.63) is 24.0 Å². The molecule has 0 spiro atoms. The first kappa shape index (κ1) is 15.9. The summed E-state index contributed by atoms with van der Waals surface area (Å²) in [4.78, 5) is 4.54. The van der Waals surface area contributed by atoms with Crippen molar-refractivity contribution in [3.63, 3.8) is 0 Å². The summed E-state index contributed by atoms with van der Waals surface area (Å²) in [6, 6.07) is 1.86. The fourth-order valence-corrected chi connectivity index (χ4v) is 2.20. The van der Waals surface area contributed by atoms with Gasteiger partial charge in [0.1, 0.15) is 4.99 Å². The molecule has 0 aromatic carbocycles. The van der Waals surface area contributed by atoms with Gasteiger partial charge in [0.2, 0.25) is 0 Å². The smallest absolute Gasteiger partial charge is 0.106 e. The van der Waals surface area contributed by atoms with Gasteiger partial charge in [-0.05, 0) is 17.9 Å². The second kappa shape index (κ2) is 7.43. The Labute approximate surface area is 122 Å². The Morgan fingerprint density at radius 2 is 2.16 bits per heavy atom. The van der Waals surface area contributed by atoms with Crippen LogP contribution in [0.25, 0.3) is 0 Å². The lowest BCUT2D eigenvalue weighted by molar-refractivity contribution is 0.342. The molecule has 0 aliphatic carbocycles. The zero-order chi connectivity index (χ0) is 14.3. The Morgan fingerprint density at radius 3 is 2.79 bits per heavy atom. The highest BCUT2D eigenvalue weighted by Crippen LogP contribution is 2.25. The molecule has 1 aromatic heterocycles. The molecule has 0 radical (unpaired) electrons. The highest BCUT2D eigenvalue weighted by atomic mass is 32.1. The molecule has 0 aliphatic heterocycles. The lowest BCUT2D eigenvalue weighted by atomic mass is 9.87. The van der Waals surface area contributed by atoms with Crippen molar-refractivity contribution >= 4 is 22.9 Å². The van der Waals surface area contributed by atoms with E-state index in [2.05, 4.69) is 31.1 Å². The van der Waals surface area contributed by atoms with Gasteiger partial charge in [-0.1, -0.05) is 52.3 Å². The molecule has 0 bridgehead atoms. The van der Waals surface area contributed by atoms with Gasteiger partial charge < -0.3 is 11.1 Å². The maximum Gasteiger partial charge on any atom is 0.106 e. The van der Waals surface area contributed by atoms with Crippen molar-refractivity contribution in [2.24, 2.45) is 11.1 Å². The highest BCUT2D eigenvalue weighted by molar-refractivity contribution is 7.80. The Morgan fingerprint density at radius 1 is 1.42 bits per heavy atom. The van der Waals surface area contributed by atoms with E-state index in [9.17, 15) is 0 Å². The fourth-order valence-electron chi connectivity index (χ4n) is 2.03. The van der Waals surface area contributed by atoms with E-state index >= 15 is 0 Å². The van der Waals surface area contributed by atoms with Crippen molar-refractivity contribution in [3.8, 4) is 0 Å². The topological polar surface area (TPSA) is 50.9 Å². The summed E-state index contributed by atoms with van der Waals surface area (Å²) in [5, 5.41) is 3.43. The van der Waals surface area contributed by atoms with Crippen molar-refractivity contribution in [2.45, 2.75) is 46.5 Å². The summed E-state index contributed by atoms with van der Waals surface area (Å²) in [6.07, 6.45) is 8.56. The van der Waals surface area contributed by atoms with E-state index in [1.807, 2.05) is 6.07 Å². The maximum absolute atomic E-state index is 5.72. The van der Waals surface area contributed by atoms with Gasteiger partial charge in [0, 0.05) is 18.3 Å². The van der Waals surface area contributed by atoms with Crippen LogP contribution in [0.2, 0.25) is 0 Å². The molecule has 0 saturated carbocycles. The summed E-state index contributed by atoms with van der Waals surface area (Å²) >= 11 is 5.05. The van der Waals surface area contributed by atoms with E-state index < -0.39 is 0 Å². The number of aromatic nitrogens is 1. The minimum Gasteiger partial charge on any atom is -0.389 e. The summed E-state index contributed by atoms with van der Waals surface area (Å²) in [5.74, 6) is 0. The number of nitrogens with zero attached hydrogens (tertiary/aromatic N) is 1. The maximum atomic E-state index is 5.72. The highest BCUT2D eigenvalue weighted by Gasteiger charge is 2.17. The van der Waals surface area contributed by atoms with Crippen LogP contribution < -0.4 is 11.1 Å². The third-order valence-corrected chi connectivity index (χ3v) is 3.52. The molecule has 0 amide bonds. The predicted octanol–water partition coefficient (Wildman–Crippen LogP) is 3.73. The van der Waals surface area contributed by atoms with Crippen LogP contribution in [0.1, 0.15) is 52.0 Å². The first-order valence-electron chi connectivity index (χ1n) is 6.94. The van der Waals surface area contributed by atoms with Gasteiger partial charge in [0.25, 0.3) is 0 Å². The zero-order valence-corrected chi connectivity index (χ0v) is 13.0. The second-order valence-electron chi connectivity index (χ2n) is 5.76. The van der Waals surface area contributed by atoms with Crippen LogP contribution in [-0.4, -0.2) is 16.5 Å². The molecule has 0 saturated heterocycles. The van der Waals surface area contributed by atoms with Crippen LogP contribution >= 0.6 is 12.2 Å². The quantitative estimate of drug-likeness (QED) is 0.562. The Bertz CT molecular complexity index is 416. The summed E-state index contributed by atoms with van der Waals surface area (Å²) in [5.41, 5.74) is 7.78. The number of pyridine rings is 1. The summed E-state index contributed by atoms with van der Waals surface area (Å²) < 4.78 is 0. The van der Waals surface area contributed by atoms with Crippen LogP contribution in [0.4, 0.5) is 5.69 Å². The number of unbranched alkanes of at least 4 members (excludes halogenated alkanes) is 2. The third kappa shape index (κ3) is 5.55. The van der Waals surface area contributed by atoms with E-state index in [1.165, 1.54) is 25.7 Å². The van der Waals surface area contributed by atoms with E-state index in [-0.39, 0.29) is 5.41 Å². The van der Waals surface area contributed by atoms with Gasteiger partial charge in [0.05, 0.1) is 11.9 Å². The molecular weight excluding hydrogens is 254 g/mol. The van der Waals surface area contributed by atoms with Crippen LogP contribution in [0, 0.1) is 5.41 Å². The lowest BCUT2D eigenvalue weighted by Crippen LogP contribution is -2.24. The number of nitrogens with two attached hydrogens (primary N) is 1. The van der Waals surface area contributed by atoms with Crippen LogP contribution in [0.3, 0.4) is 0 Å². The SMILES string of the molecule is CCCCCC(C)(C)CNc1cnccc1C(N)=S. The third-order valence-electron chi connectivity index (χ3n) is 3.30. The first-order chi connectivity index (χ1) is 8.96. The standard InChI is InChI=1S/C15H25N3S/c1-4-5-6-8-15(2,3)11-18-13-10-17-9-7-12(13)14(16)19/h7,9-10,18H,4-6,8,11H2,1-3H3,(H2,16,19). The molecule has 19 heavy (non-hydrogen) atoms. The van der Waals surface area contributed by atoms with Crippen molar-refractivity contribution in [1.29, 1.82) is 0 Å². The van der Waals surface area contributed by atoms with Crippen LogP contribution in [0.5, 0.6) is 0 Å². The molecule has 4 heteroatoms.